The second-order valence-corrected chi connectivity index (χ2v) is 5.58. The number of nitrogens with two attached hydrogens (primary N) is 1. The van der Waals surface area contributed by atoms with Crippen molar-refractivity contribution in [2.75, 3.05) is 11.1 Å². The van der Waals surface area contributed by atoms with E-state index >= 15 is 0 Å². The van der Waals surface area contributed by atoms with Crippen LogP contribution in [0.2, 0.25) is 0 Å². The monoisotopic (exact) mass is 329 g/mol. The summed E-state index contributed by atoms with van der Waals surface area (Å²) in [5.74, 6) is 0.213. The van der Waals surface area contributed by atoms with Crippen LogP contribution in [0.5, 0.6) is 0 Å². The lowest BCUT2D eigenvalue weighted by Gasteiger charge is -2.02. The first kappa shape index (κ1) is 14.9. The van der Waals surface area contributed by atoms with Crippen molar-refractivity contribution < 1.29 is 4.79 Å². The van der Waals surface area contributed by atoms with Gasteiger partial charge in [0, 0.05) is 23.6 Å². The van der Waals surface area contributed by atoms with E-state index < -0.39 is 0 Å². The molecule has 0 aliphatic carbocycles. The number of nitrogen functional groups attached to an aromatic ring is 1. The van der Waals surface area contributed by atoms with Gasteiger partial charge in [0.1, 0.15) is 17.2 Å². The Kier molecular flexibility index (Phi) is 3.63. The molecule has 0 radical (unpaired) electrons. The van der Waals surface area contributed by atoms with E-state index in [1.165, 1.54) is 0 Å². The fourth-order valence-electron chi connectivity index (χ4n) is 2.58. The molecule has 25 heavy (non-hydrogen) atoms. The van der Waals surface area contributed by atoms with Crippen LogP contribution < -0.4 is 11.1 Å². The normalized spacial score (nSPS) is 10.7. The van der Waals surface area contributed by atoms with Gasteiger partial charge in [-0.3, -0.25) is 4.79 Å². The lowest BCUT2D eigenvalue weighted by molar-refractivity contribution is 0.102. The van der Waals surface area contributed by atoms with Gasteiger partial charge in [0.25, 0.3) is 5.91 Å². The minimum atomic E-state index is -0.251. The maximum absolute atomic E-state index is 12.4. The van der Waals surface area contributed by atoms with E-state index in [4.69, 9.17) is 5.73 Å². The summed E-state index contributed by atoms with van der Waals surface area (Å²) in [5.41, 5.74) is 9.17. The van der Waals surface area contributed by atoms with E-state index in [0.29, 0.717) is 17.2 Å². The fraction of sp³-hybridized carbons (Fsp3) is 0. The number of carbonyl (C=O) groups is 1. The average Bonchev–Trinajstić information content (AvgIpc) is 3.06. The third kappa shape index (κ3) is 3.05. The minimum absolute atomic E-state index is 0.251. The number of nitrogens with zero attached hydrogens (tertiary/aromatic N) is 3. The zero-order valence-electron chi connectivity index (χ0n) is 13.3. The Labute approximate surface area is 144 Å². The smallest absolute Gasteiger partial charge is 0.275 e. The number of fused-ring (bicyclic) bond motifs is 1. The number of rotatable bonds is 3. The SMILES string of the molecule is Nc1cccc(-c2ccc3nc(C(=O)Nc4ccccc4)cn3c2)n1. The predicted molar refractivity (Wildman–Crippen MR) is 97.2 cm³/mol. The van der Waals surface area contributed by atoms with Gasteiger partial charge in [-0.15, -0.1) is 0 Å². The number of benzene rings is 1. The number of hydrogen-bond donors (Lipinski definition) is 2. The van der Waals surface area contributed by atoms with E-state index in [2.05, 4.69) is 15.3 Å². The third-order valence-electron chi connectivity index (χ3n) is 3.78. The molecule has 4 aromatic rings. The molecule has 0 fully saturated rings. The van der Waals surface area contributed by atoms with Crippen LogP contribution >= 0.6 is 0 Å². The summed E-state index contributed by atoms with van der Waals surface area (Å²) < 4.78 is 1.81. The number of nitrogens with one attached hydrogen (secondary N) is 1. The van der Waals surface area contributed by atoms with Gasteiger partial charge in [-0.1, -0.05) is 24.3 Å². The van der Waals surface area contributed by atoms with Gasteiger partial charge < -0.3 is 15.5 Å². The highest BCUT2D eigenvalue weighted by atomic mass is 16.1. The van der Waals surface area contributed by atoms with Gasteiger partial charge >= 0.3 is 0 Å². The summed E-state index contributed by atoms with van der Waals surface area (Å²) in [6.45, 7) is 0. The molecule has 1 amide bonds. The molecule has 4 rings (SSSR count). The van der Waals surface area contributed by atoms with Crippen molar-refractivity contribution in [3.8, 4) is 11.3 Å². The van der Waals surface area contributed by atoms with Crippen LogP contribution in [0.3, 0.4) is 0 Å². The summed E-state index contributed by atoms with van der Waals surface area (Å²) >= 11 is 0. The molecule has 0 spiro atoms. The van der Waals surface area contributed by atoms with E-state index in [9.17, 15) is 4.79 Å². The molecule has 0 bridgehead atoms. The minimum Gasteiger partial charge on any atom is -0.384 e. The zero-order valence-corrected chi connectivity index (χ0v) is 13.3. The number of para-hydroxylation sites is 1. The van der Waals surface area contributed by atoms with Gasteiger partial charge in [-0.2, -0.15) is 0 Å². The quantitative estimate of drug-likeness (QED) is 0.604. The highest BCUT2D eigenvalue weighted by molar-refractivity contribution is 6.03. The highest BCUT2D eigenvalue weighted by Crippen LogP contribution is 2.19. The van der Waals surface area contributed by atoms with Crippen LogP contribution in [0.15, 0.2) is 73.1 Å². The summed E-state index contributed by atoms with van der Waals surface area (Å²) in [6, 6.07) is 18.5. The van der Waals surface area contributed by atoms with Crippen LogP contribution in [0, 0.1) is 0 Å². The molecule has 1 aromatic carbocycles. The number of amides is 1. The number of hydrogen-bond acceptors (Lipinski definition) is 4. The van der Waals surface area contributed by atoms with Gasteiger partial charge in [-0.25, -0.2) is 9.97 Å². The predicted octanol–water partition coefficient (Wildman–Crippen LogP) is 3.23. The maximum atomic E-state index is 12.4. The number of anilines is 2. The van der Waals surface area contributed by atoms with Crippen molar-refractivity contribution in [1.29, 1.82) is 0 Å². The molecule has 6 nitrogen and oxygen atoms in total. The summed E-state index contributed by atoms with van der Waals surface area (Å²) in [4.78, 5) is 21.0. The van der Waals surface area contributed by atoms with E-state index in [-0.39, 0.29) is 5.91 Å². The standard InChI is InChI=1S/C19H15N5O/c20-17-8-4-7-15(22-17)13-9-10-18-23-16(12-24(18)11-13)19(25)21-14-5-2-1-3-6-14/h1-12H,(H2,20,22)(H,21,25). The van der Waals surface area contributed by atoms with Crippen LogP contribution in [-0.4, -0.2) is 20.3 Å². The van der Waals surface area contributed by atoms with Crippen LogP contribution in [0.1, 0.15) is 10.5 Å². The van der Waals surface area contributed by atoms with Crippen LogP contribution in [-0.2, 0) is 0 Å². The largest absolute Gasteiger partial charge is 0.384 e. The number of carbonyl (C=O) groups excluding carboxylic acids is 1. The topological polar surface area (TPSA) is 85.3 Å². The Morgan fingerprint density at radius 3 is 2.56 bits per heavy atom. The molecule has 6 heteroatoms. The summed E-state index contributed by atoms with van der Waals surface area (Å²) in [6.07, 6.45) is 3.58. The van der Waals surface area contributed by atoms with Gasteiger partial charge in [0.2, 0.25) is 0 Å². The third-order valence-corrected chi connectivity index (χ3v) is 3.78. The highest BCUT2D eigenvalue weighted by Gasteiger charge is 2.12. The molecule has 0 atom stereocenters. The number of pyridine rings is 2. The molecule has 0 saturated heterocycles. The average molecular weight is 329 g/mol. The van der Waals surface area contributed by atoms with E-state index in [0.717, 1.165) is 16.9 Å². The fourth-order valence-corrected chi connectivity index (χ4v) is 2.58. The number of imidazole rings is 1. The Bertz CT molecular complexity index is 1060. The molecule has 0 aliphatic heterocycles. The Balaban J connectivity index is 1.65. The maximum Gasteiger partial charge on any atom is 0.275 e. The second kappa shape index (κ2) is 6.09. The molecular formula is C19H15N5O. The van der Waals surface area contributed by atoms with Crippen molar-refractivity contribution in [1.82, 2.24) is 14.4 Å². The van der Waals surface area contributed by atoms with Crippen molar-refractivity contribution in [2.24, 2.45) is 0 Å². The molecule has 0 unspecified atom stereocenters. The summed E-state index contributed by atoms with van der Waals surface area (Å²) in [5, 5.41) is 2.83. The first-order valence-electron chi connectivity index (χ1n) is 7.77. The number of aromatic nitrogens is 3. The molecule has 3 heterocycles. The Hall–Kier alpha value is -3.67. The molecular weight excluding hydrogens is 314 g/mol. The zero-order chi connectivity index (χ0) is 17.2. The van der Waals surface area contributed by atoms with Crippen molar-refractivity contribution in [2.45, 2.75) is 0 Å². The molecule has 0 aliphatic rings. The second-order valence-electron chi connectivity index (χ2n) is 5.58. The molecule has 3 N–H and O–H groups in total. The first-order chi connectivity index (χ1) is 12.2. The van der Waals surface area contributed by atoms with Gasteiger partial charge in [0.05, 0.1) is 5.69 Å². The lowest BCUT2D eigenvalue weighted by atomic mass is 10.2. The molecule has 3 aromatic heterocycles. The van der Waals surface area contributed by atoms with Crippen LogP contribution in [0.25, 0.3) is 16.9 Å². The van der Waals surface area contributed by atoms with Crippen molar-refractivity contribution in [3.63, 3.8) is 0 Å². The molecule has 0 saturated carbocycles. The van der Waals surface area contributed by atoms with Crippen LogP contribution in [0.4, 0.5) is 11.5 Å². The summed E-state index contributed by atoms with van der Waals surface area (Å²) in [7, 11) is 0. The Morgan fingerprint density at radius 2 is 1.76 bits per heavy atom. The van der Waals surface area contributed by atoms with E-state index in [1.54, 1.807) is 16.7 Å². The Morgan fingerprint density at radius 1 is 0.920 bits per heavy atom. The van der Waals surface area contributed by atoms with Crippen molar-refractivity contribution >= 4 is 23.1 Å². The van der Waals surface area contributed by atoms with Gasteiger partial charge in [-0.05, 0) is 36.4 Å². The van der Waals surface area contributed by atoms with Gasteiger partial charge in [0.15, 0.2) is 0 Å². The lowest BCUT2D eigenvalue weighted by Crippen LogP contribution is -2.11. The van der Waals surface area contributed by atoms with E-state index in [1.807, 2.05) is 60.8 Å². The first-order valence-corrected chi connectivity index (χ1v) is 7.77. The van der Waals surface area contributed by atoms with Crippen molar-refractivity contribution in [3.05, 3.63) is 78.8 Å². The molecule has 122 valence electrons.